The summed E-state index contributed by atoms with van der Waals surface area (Å²) in [5.41, 5.74) is 0.167. The molecule has 0 spiro atoms. The van der Waals surface area contributed by atoms with E-state index < -0.39 is 10.7 Å². The molecule has 0 saturated heterocycles. The van der Waals surface area contributed by atoms with Gasteiger partial charge in [0.1, 0.15) is 11.6 Å². The van der Waals surface area contributed by atoms with E-state index in [0.29, 0.717) is 5.75 Å². The van der Waals surface area contributed by atoms with Gasteiger partial charge in [0.05, 0.1) is 23.6 Å². The number of hydrogen-bond donors (Lipinski definition) is 0. The second kappa shape index (κ2) is 7.35. The van der Waals surface area contributed by atoms with Gasteiger partial charge in [-0.3, -0.25) is 14.9 Å². The number of carbonyl (C=O) groups excluding carboxylic acids is 1. The van der Waals surface area contributed by atoms with Crippen molar-refractivity contribution in [2.24, 2.45) is 0 Å². The zero-order chi connectivity index (χ0) is 16.8. The van der Waals surface area contributed by atoms with E-state index in [1.165, 1.54) is 48.3 Å². The Morgan fingerprint density at radius 3 is 2.48 bits per heavy atom. The summed E-state index contributed by atoms with van der Waals surface area (Å²) in [5.74, 6) is -0.339. The van der Waals surface area contributed by atoms with Crippen molar-refractivity contribution in [2.75, 3.05) is 18.6 Å². The maximum Gasteiger partial charge on any atom is 0.269 e. The van der Waals surface area contributed by atoms with Crippen molar-refractivity contribution in [1.29, 1.82) is 0 Å². The lowest BCUT2D eigenvalue weighted by atomic mass is 10.2. The number of halogens is 1. The van der Waals surface area contributed by atoms with Gasteiger partial charge >= 0.3 is 0 Å². The third kappa shape index (κ3) is 4.26. The van der Waals surface area contributed by atoms with Crippen LogP contribution >= 0.6 is 0 Å². The molecule has 0 heterocycles. The fourth-order valence-corrected chi connectivity index (χ4v) is 1.95. The lowest BCUT2D eigenvalue weighted by Gasteiger charge is -2.18. The molecule has 0 radical (unpaired) electrons. The highest BCUT2D eigenvalue weighted by Crippen LogP contribution is 2.19. The molecule has 0 unspecified atom stereocenters. The fraction of sp³-hybridized carbons (Fsp3) is 0.188. The summed E-state index contributed by atoms with van der Waals surface area (Å²) in [6.07, 6.45) is 0.0574. The van der Waals surface area contributed by atoms with Gasteiger partial charge in [-0.2, -0.15) is 0 Å². The van der Waals surface area contributed by atoms with E-state index in [1.54, 1.807) is 12.1 Å². The van der Waals surface area contributed by atoms with Gasteiger partial charge in [0, 0.05) is 19.2 Å². The molecule has 2 aromatic carbocycles. The number of non-ortho nitro benzene ring substituents is 1. The maximum atomic E-state index is 13.6. The third-order valence-electron chi connectivity index (χ3n) is 3.22. The lowest BCUT2D eigenvalue weighted by molar-refractivity contribution is -0.384. The van der Waals surface area contributed by atoms with Crippen LogP contribution in [0.2, 0.25) is 0 Å². The minimum Gasteiger partial charge on any atom is -0.493 e. The highest BCUT2D eigenvalue weighted by Gasteiger charge is 2.14. The molecular formula is C16H15FN2O4. The number of nitro benzene ring substituents is 1. The molecule has 23 heavy (non-hydrogen) atoms. The van der Waals surface area contributed by atoms with Gasteiger partial charge in [-0.1, -0.05) is 12.1 Å². The number of nitrogens with zero attached hydrogens (tertiary/aromatic N) is 2. The molecule has 0 atom stereocenters. The number of hydrogen-bond acceptors (Lipinski definition) is 4. The molecule has 0 N–H and O–H groups in total. The predicted octanol–water partition coefficient (Wildman–Crippen LogP) is 3.17. The molecule has 0 bridgehead atoms. The minimum absolute atomic E-state index is 0.0345. The first-order valence-corrected chi connectivity index (χ1v) is 6.87. The Bertz CT molecular complexity index is 703. The van der Waals surface area contributed by atoms with Crippen LogP contribution in [0.4, 0.5) is 15.8 Å². The Labute approximate surface area is 132 Å². The molecular weight excluding hydrogens is 303 g/mol. The number of benzene rings is 2. The van der Waals surface area contributed by atoms with Crippen LogP contribution in [0.25, 0.3) is 0 Å². The number of ether oxygens (including phenoxy) is 1. The van der Waals surface area contributed by atoms with Crippen molar-refractivity contribution in [3.63, 3.8) is 0 Å². The molecule has 0 fully saturated rings. The van der Waals surface area contributed by atoms with E-state index in [2.05, 4.69) is 0 Å². The number of nitro groups is 1. The number of para-hydroxylation sites is 1. The van der Waals surface area contributed by atoms with E-state index in [1.807, 2.05) is 0 Å². The topological polar surface area (TPSA) is 72.7 Å². The molecule has 0 aliphatic carbocycles. The van der Waals surface area contributed by atoms with Crippen molar-refractivity contribution >= 4 is 17.3 Å². The molecule has 0 aliphatic heterocycles. The van der Waals surface area contributed by atoms with Crippen LogP contribution in [0.15, 0.2) is 48.5 Å². The highest BCUT2D eigenvalue weighted by atomic mass is 19.1. The van der Waals surface area contributed by atoms with Gasteiger partial charge in [0.15, 0.2) is 0 Å². The van der Waals surface area contributed by atoms with Gasteiger partial charge in [-0.25, -0.2) is 4.39 Å². The first kappa shape index (κ1) is 16.4. The van der Waals surface area contributed by atoms with Crippen LogP contribution in [0.1, 0.15) is 6.42 Å². The number of anilines is 1. The van der Waals surface area contributed by atoms with Crippen molar-refractivity contribution in [3.8, 4) is 5.75 Å². The summed E-state index contributed by atoms with van der Waals surface area (Å²) >= 11 is 0. The summed E-state index contributed by atoms with van der Waals surface area (Å²) < 4.78 is 19.0. The van der Waals surface area contributed by atoms with E-state index in [9.17, 15) is 19.3 Å². The van der Waals surface area contributed by atoms with Crippen molar-refractivity contribution in [1.82, 2.24) is 0 Å². The van der Waals surface area contributed by atoms with Gasteiger partial charge < -0.3 is 9.64 Å². The molecule has 0 saturated carbocycles. The summed E-state index contributed by atoms with van der Waals surface area (Å²) in [6, 6.07) is 11.6. The SMILES string of the molecule is CN(C(=O)CCOc1ccc([N+](=O)[O-])cc1)c1ccccc1F. The number of carbonyl (C=O) groups is 1. The monoisotopic (exact) mass is 318 g/mol. The number of amides is 1. The molecule has 120 valence electrons. The Morgan fingerprint density at radius 2 is 1.87 bits per heavy atom. The summed E-state index contributed by atoms with van der Waals surface area (Å²) in [5, 5.41) is 10.5. The average molecular weight is 318 g/mol. The number of rotatable bonds is 6. The average Bonchev–Trinajstić information content (AvgIpc) is 2.55. The second-order valence-corrected chi connectivity index (χ2v) is 4.75. The molecule has 0 aromatic heterocycles. The minimum atomic E-state index is -0.503. The van der Waals surface area contributed by atoms with Crippen LogP contribution in [0.3, 0.4) is 0 Å². The van der Waals surface area contributed by atoms with Crippen LogP contribution < -0.4 is 9.64 Å². The first-order valence-electron chi connectivity index (χ1n) is 6.87. The van der Waals surface area contributed by atoms with Crippen LogP contribution in [-0.4, -0.2) is 24.5 Å². The maximum absolute atomic E-state index is 13.6. The predicted molar refractivity (Wildman–Crippen MR) is 83.0 cm³/mol. The summed E-state index contributed by atoms with van der Waals surface area (Å²) in [4.78, 5) is 23.3. The second-order valence-electron chi connectivity index (χ2n) is 4.75. The van der Waals surface area contributed by atoms with Gasteiger partial charge in [-0.15, -0.1) is 0 Å². The molecule has 7 heteroatoms. The van der Waals surface area contributed by atoms with Crippen molar-refractivity contribution in [2.45, 2.75) is 6.42 Å². The fourth-order valence-electron chi connectivity index (χ4n) is 1.95. The molecule has 2 aromatic rings. The molecule has 1 amide bonds. The molecule has 2 rings (SSSR count). The normalized spacial score (nSPS) is 10.2. The molecule has 6 nitrogen and oxygen atoms in total. The van der Waals surface area contributed by atoms with Crippen LogP contribution in [-0.2, 0) is 4.79 Å². The quantitative estimate of drug-likeness (QED) is 0.606. The Kier molecular flexibility index (Phi) is 5.24. The van der Waals surface area contributed by atoms with Gasteiger partial charge in [0.25, 0.3) is 5.69 Å². The largest absolute Gasteiger partial charge is 0.493 e. The van der Waals surface area contributed by atoms with Crippen LogP contribution in [0.5, 0.6) is 5.75 Å². The highest BCUT2D eigenvalue weighted by molar-refractivity contribution is 5.92. The van der Waals surface area contributed by atoms with Crippen LogP contribution in [0, 0.1) is 15.9 Å². The zero-order valence-electron chi connectivity index (χ0n) is 12.4. The van der Waals surface area contributed by atoms with E-state index >= 15 is 0 Å². The third-order valence-corrected chi connectivity index (χ3v) is 3.22. The van der Waals surface area contributed by atoms with E-state index in [-0.39, 0.29) is 30.3 Å². The summed E-state index contributed by atoms with van der Waals surface area (Å²) in [7, 11) is 1.49. The van der Waals surface area contributed by atoms with Gasteiger partial charge in [-0.05, 0) is 24.3 Å². The standard InChI is InChI=1S/C16H15FN2O4/c1-18(15-5-3-2-4-14(15)17)16(20)10-11-23-13-8-6-12(7-9-13)19(21)22/h2-9H,10-11H2,1H3. The zero-order valence-corrected chi connectivity index (χ0v) is 12.4. The molecule has 0 aliphatic rings. The Hall–Kier alpha value is -2.96. The Morgan fingerprint density at radius 1 is 1.22 bits per heavy atom. The van der Waals surface area contributed by atoms with Gasteiger partial charge in [0.2, 0.25) is 5.91 Å². The lowest BCUT2D eigenvalue weighted by Crippen LogP contribution is -2.28. The van der Waals surface area contributed by atoms with E-state index in [0.717, 1.165) is 0 Å². The van der Waals surface area contributed by atoms with Crippen molar-refractivity contribution in [3.05, 3.63) is 64.5 Å². The summed E-state index contributed by atoms with van der Waals surface area (Å²) in [6.45, 7) is 0.0927. The van der Waals surface area contributed by atoms with Crippen molar-refractivity contribution < 1.29 is 18.8 Å². The smallest absolute Gasteiger partial charge is 0.269 e. The van der Waals surface area contributed by atoms with E-state index in [4.69, 9.17) is 4.74 Å². The Balaban J connectivity index is 1.87. The first-order chi connectivity index (χ1) is 11.0.